The molecule has 27 heavy (non-hydrogen) atoms. The summed E-state index contributed by atoms with van der Waals surface area (Å²) in [6.45, 7) is 0. The van der Waals surface area contributed by atoms with Gasteiger partial charge < -0.3 is 19.0 Å². The third-order valence-electron chi connectivity index (χ3n) is 4.32. The number of methoxy groups -OCH3 is 2. The van der Waals surface area contributed by atoms with Crippen LogP contribution in [-0.2, 0) is 9.59 Å². The summed E-state index contributed by atoms with van der Waals surface area (Å²) in [5.41, 5.74) is 1.37. The van der Waals surface area contributed by atoms with E-state index in [0.29, 0.717) is 29.4 Å². The van der Waals surface area contributed by atoms with Gasteiger partial charge in [-0.25, -0.2) is 5.01 Å². The largest absolute Gasteiger partial charge is 0.497 e. The van der Waals surface area contributed by atoms with E-state index in [-0.39, 0.29) is 18.7 Å². The molecule has 0 saturated carbocycles. The van der Waals surface area contributed by atoms with E-state index in [0.717, 1.165) is 5.56 Å². The zero-order chi connectivity index (χ0) is 19.4. The number of aliphatic carboxylic acids is 1. The summed E-state index contributed by atoms with van der Waals surface area (Å²) in [4.78, 5) is 23.5. The SMILES string of the molecule is COc1ccc([C@H]2CC(c3ccco3)=NN2C(=O)CCC(=O)O)c(OC)c1. The van der Waals surface area contributed by atoms with Gasteiger partial charge in [0.1, 0.15) is 23.0 Å². The maximum absolute atomic E-state index is 12.6. The number of hydrogen-bond acceptors (Lipinski definition) is 6. The van der Waals surface area contributed by atoms with Crippen LogP contribution in [0.3, 0.4) is 0 Å². The smallest absolute Gasteiger partial charge is 0.303 e. The van der Waals surface area contributed by atoms with Crippen LogP contribution in [0.2, 0.25) is 0 Å². The van der Waals surface area contributed by atoms with E-state index >= 15 is 0 Å². The molecule has 0 saturated heterocycles. The molecule has 0 fully saturated rings. The highest BCUT2D eigenvalue weighted by Crippen LogP contribution is 2.39. The molecule has 1 aromatic carbocycles. The number of hydrazone groups is 1. The Hall–Kier alpha value is -3.29. The lowest BCUT2D eigenvalue weighted by molar-refractivity contribution is -0.141. The van der Waals surface area contributed by atoms with Gasteiger partial charge in [0.25, 0.3) is 0 Å². The fraction of sp³-hybridized carbons (Fsp3) is 0.316. The van der Waals surface area contributed by atoms with Crippen molar-refractivity contribution in [1.82, 2.24) is 5.01 Å². The molecule has 3 rings (SSSR count). The molecule has 2 aromatic rings. The standard InChI is InChI=1S/C19H20N2O6/c1-25-12-5-6-13(17(10-12)26-2)15-11-14(16-4-3-9-27-16)20-21(15)18(22)7-8-19(23)24/h3-6,9-10,15H,7-8,11H2,1-2H3,(H,23,24)/t15-/m1/s1. The predicted molar refractivity (Wildman–Crippen MR) is 95.9 cm³/mol. The number of amides is 1. The van der Waals surface area contributed by atoms with E-state index in [1.165, 1.54) is 18.4 Å². The Morgan fingerprint density at radius 3 is 2.70 bits per heavy atom. The molecule has 0 radical (unpaired) electrons. The monoisotopic (exact) mass is 372 g/mol. The lowest BCUT2D eigenvalue weighted by Gasteiger charge is -2.23. The molecule has 1 aromatic heterocycles. The normalized spacial score (nSPS) is 16.1. The summed E-state index contributed by atoms with van der Waals surface area (Å²) in [5.74, 6) is 0.356. The Kier molecular flexibility index (Phi) is 5.44. The second-order valence-electron chi connectivity index (χ2n) is 5.98. The maximum atomic E-state index is 12.6. The van der Waals surface area contributed by atoms with Crippen molar-refractivity contribution >= 4 is 17.6 Å². The van der Waals surface area contributed by atoms with Crippen molar-refractivity contribution in [2.75, 3.05) is 14.2 Å². The van der Waals surface area contributed by atoms with Gasteiger partial charge in [0.05, 0.1) is 32.9 Å². The fourth-order valence-electron chi connectivity index (χ4n) is 3.00. The third kappa shape index (κ3) is 3.94. The van der Waals surface area contributed by atoms with Gasteiger partial charge in [0, 0.05) is 24.5 Å². The van der Waals surface area contributed by atoms with Crippen molar-refractivity contribution in [3.8, 4) is 11.5 Å². The molecule has 1 N–H and O–H groups in total. The van der Waals surface area contributed by atoms with Crippen LogP contribution < -0.4 is 9.47 Å². The first-order valence-electron chi connectivity index (χ1n) is 8.40. The van der Waals surface area contributed by atoms with Crippen molar-refractivity contribution in [1.29, 1.82) is 0 Å². The van der Waals surface area contributed by atoms with Crippen molar-refractivity contribution in [3.63, 3.8) is 0 Å². The summed E-state index contributed by atoms with van der Waals surface area (Å²) >= 11 is 0. The second kappa shape index (κ2) is 7.94. The molecule has 0 aliphatic carbocycles. The Bertz CT molecular complexity index is 859. The Labute approximate surface area is 156 Å². The lowest BCUT2D eigenvalue weighted by atomic mass is 9.99. The van der Waals surface area contributed by atoms with E-state index in [1.54, 1.807) is 31.4 Å². The number of furan rings is 1. The number of rotatable bonds is 7. The van der Waals surface area contributed by atoms with E-state index in [9.17, 15) is 9.59 Å². The minimum absolute atomic E-state index is 0.140. The van der Waals surface area contributed by atoms with Crippen LogP contribution in [0.1, 0.15) is 36.6 Å². The van der Waals surface area contributed by atoms with Gasteiger partial charge in [-0.05, 0) is 24.3 Å². The number of carbonyl (C=O) groups excluding carboxylic acids is 1. The van der Waals surface area contributed by atoms with Crippen LogP contribution in [0.15, 0.2) is 46.1 Å². The van der Waals surface area contributed by atoms with Crippen LogP contribution in [0.5, 0.6) is 11.5 Å². The number of nitrogens with zero attached hydrogens (tertiary/aromatic N) is 2. The zero-order valence-corrected chi connectivity index (χ0v) is 15.0. The molecule has 0 unspecified atom stereocenters. The van der Waals surface area contributed by atoms with E-state index in [2.05, 4.69) is 5.10 Å². The van der Waals surface area contributed by atoms with Crippen molar-refractivity contribution < 1.29 is 28.6 Å². The number of carboxylic acids is 1. The topological polar surface area (TPSA) is 102 Å². The number of carboxylic acid groups (broad SMARTS) is 1. The molecular formula is C19H20N2O6. The van der Waals surface area contributed by atoms with Crippen molar-refractivity contribution in [2.45, 2.75) is 25.3 Å². The number of hydrogen-bond donors (Lipinski definition) is 1. The highest BCUT2D eigenvalue weighted by molar-refractivity contribution is 6.01. The van der Waals surface area contributed by atoms with Gasteiger partial charge in [-0.3, -0.25) is 9.59 Å². The van der Waals surface area contributed by atoms with E-state index < -0.39 is 12.0 Å². The van der Waals surface area contributed by atoms with Gasteiger partial charge in [0.2, 0.25) is 5.91 Å². The van der Waals surface area contributed by atoms with E-state index in [1.807, 2.05) is 6.07 Å². The first kappa shape index (κ1) is 18.5. The predicted octanol–water partition coefficient (Wildman–Crippen LogP) is 2.84. The third-order valence-corrected chi connectivity index (χ3v) is 4.32. The molecule has 1 aliphatic rings. The fourth-order valence-corrected chi connectivity index (χ4v) is 3.00. The second-order valence-corrected chi connectivity index (χ2v) is 5.98. The van der Waals surface area contributed by atoms with Crippen LogP contribution in [0.4, 0.5) is 0 Å². The zero-order valence-electron chi connectivity index (χ0n) is 15.0. The molecule has 1 amide bonds. The highest BCUT2D eigenvalue weighted by Gasteiger charge is 2.35. The molecule has 8 heteroatoms. The summed E-state index contributed by atoms with van der Waals surface area (Å²) in [5, 5.41) is 14.6. The summed E-state index contributed by atoms with van der Waals surface area (Å²) in [6.07, 6.45) is 1.57. The molecular weight excluding hydrogens is 352 g/mol. The van der Waals surface area contributed by atoms with Gasteiger partial charge >= 0.3 is 5.97 Å². The van der Waals surface area contributed by atoms with Gasteiger partial charge in [-0.1, -0.05) is 0 Å². The summed E-state index contributed by atoms with van der Waals surface area (Å²) < 4.78 is 16.1. The maximum Gasteiger partial charge on any atom is 0.303 e. The molecule has 1 atom stereocenters. The highest BCUT2D eigenvalue weighted by atomic mass is 16.5. The quantitative estimate of drug-likeness (QED) is 0.802. The molecule has 1 aliphatic heterocycles. The van der Waals surface area contributed by atoms with Crippen LogP contribution >= 0.6 is 0 Å². The summed E-state index contributed by atoms with van der Waals surface area (Å²) in [6, 6.07) is 8.43. The van der Waals surface area contributed by atoms with Gasteiger partial charge in [0.15, 0.2) is 0 Å². The minimum Gasteiger partial charge on any atom is -0.497 e. The van der Waals surface area contributed by atoms with Gasteiger partial charge in [-0.15, -0.1) is 0 Å². The number of carbonyl (C=O) groups is 2. The van der Waals surface area contributed by atoms with Crippen molar-refractivity contribution in [2.24, 2.45) is 5.10 Å². The number of ether oxygens (including phenoxy) is 2. The number of benzene rings is 1. The van der Waals surface area contributed by atoms with Crippen LogP contribution in [0, 0.1) is 0 Å². The molecule has 0 bridgehead atoms. The van der Waals surface area contributed by atoms with Gasteiger partial charge in [-0.2, -0.15) is 5.10 Å². The molecule has 8 nitrogen and oxygen atoms in total. The Morgan fingerprint density at radius 1 is 1.26 bits per heavy atom. The Morgan fingerprint density at radius 2 is 2.07 bits per heavy atom. The first-order chi connectivity index (χ1) is 13.0. The van der Waals surface area contributed by atoms with Crippen LogP contribution in [-0.4, -0.2) is 41.9 Å². The van der Waals surface area contributed by atoms with Crippen molar-refractivity contribution in [3.05, 3.63) is 47.9 Å². The van der Waals surface area contributed by atoms with Crippen LogP contribution in [0.25, 0.3) is 0 Å². The lowest BCUT2D eigenvalue weighted by Crippen LogP contribution is -2.27. The molecule has 142 valence electrons. The Balaban J connectivity index is 1.94. The average molecular weight is 372 g/mol. The first-order valence-corrected chi connectivity index (χ1v) is 8.40. The molecule has 0 spiro atoms. The molecule has 2 heterocycles. The minimum atomic E-state index is -1.03. The average Bonchev–Trinajstić information content (AvgIpc) is 3.35. The van der Waals surface area contributed by atoms with E-state index in [4.69, 9.17) is 19.0 Å². The summed E-state index contributed by atoms with van der Waals surface area (Å²) in [7, 11) is 3.10.